The van der Waals surface area contributed by atoms with E-state index in [0.29, 0.717) is 16.9 Å². The molecule has 0 bridgehead atoms. The molecule has 21 heavy (non-hydrogen) atoms. The van der Waals surface area contributed by atoms with E-state index in [1.165, 1.54) is 19.2 Å². The fourth-order valence-corrected chi connectivity index (χ4v) is 1.81. The highest BCUT2D eigenvalue weighted by Gasteiger charge is 2.15. The van der Waals surface area contributed by atoms with Crippen molar-refractivity contribution in [3.63, 3.8) is 0 Å². The van der Waals surface area contributed by atoms with Crippen molar-refractivity contribution < 1.29 is 19.2 Å². The summed E-state index contributed by atoms with van der Waals surface area (Å²) >= 11 is 0. The molecule has 2 rings (SSSR count). The van der Waals surface area contributed by atoms with Gasteiger partial charge in [0.15, 0.2) is 5.75 Å². The van der Waals surface area contributed by atoms with Crippen LogP contribution in [0.15, 0.2) is 42.5 Å². The van der Waals surface area contributed by atoms with Gasteiger partial charge in [-0.1, -0.05) is 18.2 Å². The van der Waals surface area contributed by atoms with Crippen molar-refractivity contribution in [2.45, 2.75) is 6.61 Å². The van der Waals surface area contributed by atoms with Gasteiger partial charge in [-0.25, -0.2) is 0 Å². The van der Waals surface area contributed by atoms with Crippen LogP contribution in [-0.4, -0.2) is 18.3 Å². The summed E-state index contributed by atoms with van der Waals surface area (Å²) in [6, 6.07) is 11.3. The number of rotatable bonds is 6. The Kier molecular flexibility index (Phi) is 4.50. The van der Waals surface area contributed by atoms with Gasteiger partial charge in [-0.2, -0.15) is 0 Å². The summed E-state index contributed by atoms with van der Waals surface area (Å²) < 4.78 is 10.5. The van der Waals surface area contributed by atoms with E-state index in [1.807, 2.05) is 0 Å². The lowest BCUT2D eigenvalue weighted by Gasteiger charge is -2.08. The molecule has 0 saturated carbocycles. The minimum atomic E-state index is -0.505. The Morgan fingerprint density at radius 2 is 2.05 bits per heavy atom. The van der Waals surface area contributed by atoms with Gasteiger partial charge in [0.2, 0.25) is 0 Å². The van der Waals surface area contributed by atoms with Crippen LogP contribution in [0.4, 0.5) is 5.69 Å². The smallest absolute Gasteiger partial charge is 0.311 e. The van der Waals surface area contributed by atoms with Gasteiger partial charge in [0.1, 0.15) is 18.6 Å². The van der Waals surface area contributed by atoms with Crippen LogP contribution in [0.2, 0.25) is 0 Å². The van der Waals surface area contributed by atoms with E-state index in [1.54, 1.807) is 30.3 Å². The Labute approximate surface area is 121 Å². The summed E-state index contributed by atoms with van der Waals surface area (Å²) in [7, 11) is 1.38. The van der Waals surface area contributed by atoms with Crippen molar-refractivity contribution in [2.24, 2.45) is 0 Å². The second-order valence-electron chi connectivity index (χ2n) is 4.24. The summed E-state index contributed by atoms with van der Waals surface area (Å²) in [5.74, 6) is 0.727. The highest BCUT2D eigenvalue weighted by atomic mass is 16.6. The molecular formula is C15H13NO5. The standard InChI is InChI=1S/C15H13NO5/c1-20-15-6-5-12(8-14(15)16(18)19)10-21-13-4-2-3-11(7-13)9-17/h2-9H,10H2,1H3. The third-order valence-electron chi connectivity index (χ3n) is 2.84. The lowest BCUT2D eigenvalue weighted by Crippen LogP contribution is -1.99. The van der Waals surface area contributed by atoms with Crippen molar-refractivity contribution in [1.82, 2.24) is 0 Å². The van der Waals surface area contributed by atoms with Crippen LogP contribution in [0.25, 0.3) is 0 Å². The number of hydrogen-bond donors (Lipinski definition) is 0. The number of benzene rings is 2. The van der Waals surface area contributed by atoms with Crippen LogP contribution < -0.4 is 9.47 Å². The second kappa shape index (κ2) is 6.51. The van der Waals surface area contributed by atoms with Crippen molar-refractivity contribution in [2.75, 3.05) is 7.11 Å². The van der Waals surface area contributed by atoms with Crippen molar-refractivity contribution >= 4 is 12.0 Å². The molecule has 0 spiro atoms. The van der Waals surface area contributed by atoms with E-state index in [9.17, 15) is 14.9 Å². The van der Waals surface area contributed by atoms with Gasteiger partial charge in [0.25, 0.3) is 0 Å². The highest BCUT2D eigenvalue weighted by molar-refractivity contribution is 5.75. The number of methoxy groups -OCH3 is 1. The van der Waals surface area contributed by atoms with Crippen LogP contribution in [-0.2, 0) is 6.61 Å². The molecule has 0 aliphatic heterocycles. The topological polar surface area (TPSA) is 78.7 Å². The van der Waals surface area contributed by atoms with Gasteiger partial charge in [-0.3, -0.25) is 14.9 Å². The normalized spacial score (nSPS) is 9.95. The molecule has 0 unspecified atom stereocenters. The number of hydrogen-bond acceptors (Lipinski definition) is 5. The Morgan fingerprint density at radius 1 is 1.24 bits per heavy atom. The van der Waals surface area contributed by atoms with Crippen molar-refractivity contribution in [3.05, 3.63) is 63.7 Å². The molecule has 0 fully saturated rings. The average molecular weight is 287 g/mol. The predicted octanol–water partition coefficient (Wildman–Crippen LogP) is 2.99. The van der Waals surface area contributed by atoms with Crippen LogP contribution in [0.1, 0.15) is 15.9 Å². The van der Waals surface area contributed by atoms with Crippen LogP contribution >= 0.6 is 0 Å². The molecule has 6 nitrogen and oxygen atoms in total. The maximum absolute atomic E-state index is 10.9. The zero-order chi connectivity index (χ0) is 15.2. The number of nitrogens with zero attached hydrogens (tertiary/aromatic N) is 1. The molecule has 0 heterocycles. The van der Waals surface area contributed by atoms with E-state index in [2.05, 4.69) is 0 Å². The third-order valence-corrected chi connectivity index (χ3v) is 2.84. The SMILES string of the molecule is COc1ccc(COc2cccc(C=O)c2)cc1[N+](=O)[O-]. The molecule has 2 aromatic carbocycles. The fourth-order valence-electron chi connectivity index (χ4n) is 1.81. The fraction of sp³-hybridized carbons (Fsp3) is 0.133. The van der Waals surface area contributed by atoms with Crippen molar-refractivity contribution in [3.8, 4) is 11.5 Å². The van der Waals surface area contributed by atoms with Gasteiger partial charge in [0.05, 0.1) is 12.0 Å². The number of nitro groups is 1. The van der Waals surface area contributed by atoms with E-state index in [4.69, 9.17) is 9.47 Å². The minimum Gasteiger partial charge on any atom is -0.490 e. The van der Waals surface area contributed by atoms with Crippen molar-refractivity contribution in [1.29, 1.82) is 0 Å². The summed E-state index contributed by atoms with van der Waals surface area (Å²) in [4.78, 5) is 21.1. The van der Waals surface area contributed by atoms with Crippen LogP contribution in [0.3, 0.4) is 0 Å². The molecule has 6 heteroatoms. The minimum absolute atomic E-state index is 0.111. The molecule has 0 aliphatic rings. The van der Waals surface area contributed by atoms with E-state index < -0.39 is 4.92 Å². The largest absolute Gasteiger partial charge is 0.490 e. The molecular weight excluding hydrogens is 274 g/mol. The Hall–Kier alpha value is -2.89. The van der Waals surface area contributed by atoms with Gasteiger partial charge < -0.3 is 9.47 Å². The average Bonchev–Trinajstić information content (AvgIpc) is 2.52. The summed E-state index contributed by atoms with van der Waals surface area (Å²) in [6.07, 6.45) is 0.727. The zero-order valence-electron chi connectivity index (χ0n) is 11.3. The first-order valence-electron chi connectivity index (χ1n) is 6.13. The molecule has 0 saturated heterocycles. The lowest BCUT2D eigenvalue weighted by molar-refractivity contribution is -0.385. The Morgan fingerprint density at radius 3 is 2.71 bits per heavy atom. The third kappa shape index (κ3) is 3.56. The molecule has 0 atom stereocenters. The first-order valence-corrected chi connectivity index (χ1v) is 6.13. The zero-order valence-corrected chi connectivity index (χ0v) is 11.3. The van der Waals surface area contributed by atoms with E-state index in [-0.39, 0.29) is 18.0 Å². The second-order valence-corrected chi connectivity index (χ2v) is 4.24. The lowest BCUT2D eigenvalue weighted by atomic mass is 10.2. The van der Waals surface area contributed by atoms with Gasteiger partial charge in [-0.05, 0) is 23.8 Å². The monoisotopic (exact) mass is 287 g/mol. The number of carbonyl (C=O) groups excluding carboxylic acids is 1. The molecule has 108 valence electrons. The number of carbonyl (C=O) groups is 1. The van der Waals surface area contributed by atoms with E-state index in [0.717, 1.165) is 6.29 Å². The van der Waals surface area contributed by atoms with Gasteiger partial charge >= 0.3 is 5.69 Å². The first-order chi connectivity index (χ1) is 10.1. The number of aldehydes is 1. The summed E-state index contributed by atoms with van der Waals surface area (Å²) in [6.45, 7) is 0.160. The molecule has 0 aromatic heterocycles. The highest BCUT2D eigenvalue weighted by Crippen LogP contribution is 2.28. The Balaban J connectivity index is 2.14. The maximum Gasteiger partial charge on any atom is 0.311 e. The molecule has 0 radical (unpaired) electrons. The number of nitro benzene ring substituents is 1. The predicted molar refractivity (Wildman–Crippen MR) is 75.8 cm³/mol. The molecule has 0 amide bonds. The first kappa shape index (κ1) is 14.5. The quantitative estimate of drug-likeness (QED) is 0.463. The number of ether oxygens (including phenoxy) is 2. The van der Waals surface area contributed by atoms with E-state index >= 15 is 0 Å². The summed E-state index contributed by atoms with van der Waals surface area (Å²) in [5.41, 5.74) is 1.03. The molecule has 0 N–H and O–H groups in total. The maximum atomic E-state index is 10.9. The summed E-state index contributed by atoms with van der Waals surface area (Å²) in [5, 5.41) is 10.9. The molecule has 2 aromatic rings. The Bertz CT molecular complexity index is 669. The van der Waals surface area contributed by atoms with Gasteiger partial charge in [-0.15, -0.1) is 0 Å². The van der Waals surface area contributed by atoms with Crippen LogP contribution in [0, 0.1) is 10.1 Å². The molecule has 0 aliphatic carbocycles. The van der Waals surface area contributed by atoms with Gasteiger partial charge in [0, 0.05) is 11.6 Å². The van der Waals surface area contributed by atoms with Crippen LogP contribution in [0.5, 0.6) is 11.5 Å².